The second kappa shape index (κ2) is 6.13. The van der Waals surface area contributed by atoms with Gasteiger partial charge in [-0.05, 0) is 35.2 Å². The lowest BCUT2D eigenvalue weighted by atomic mass is 10.00. The Hall–Kier alpha value is -1.76. The largest absolute Gasteiger partial charge is 0.350 e. The van der Waals surface area contributed by atoms with Crippen LogP contribution in [0.2, 0.25) is 5.02 Å². The molecule has 0 radical (unpaired) electrons. The molecule has 0 aliphatic carbocycles. The number of rotatable bonds is 4. The monoisotopic (exact) mass is 287 g/mol. The molecule has 3 nitrogen and oxygen atoms in total. The van der Waals surface area contributed by atoms with E-state index in [0.717, 1.165) is 11.1 Å². The molecule has 0 fully saturated rings. The third-order valence-corrected chi connectivity index (χ3v) is 3.76. The van der Waals surface area contributed by atoms with E-state index < -0.39 is 0 Å². The molecule has 0 saturated heterocycles. The standard InChI is InChI=1S/C16H18ClN3/c1-11(2)16(19)14-5-6-20(10-14)9-13-4-3-12(8-18)7-15(13)17/h3-7,10-11,16H,9,19H2,1-2H3. The van der Waals surface area contributed by atoms with Gasteiger partial charge in [-0.3, -0.25) is 0 Å². The minimum atomic E-state index is 0.0488. The van der Waals surface area contributed by atoms with Crippen LogP contribution in [0.4, 0.5) is 0 Å². The zero-order valence-corrected chi connectivity index (χ0v) is 12.4. The molecule has 0 bridgehead atoms. The fourth-order valence-corrected chi connectivity index (χ4v) is 2.32. The van der Waals surface area contributed by atoms with Gasteiger partial charge >= 0.3 is 0 Å². The molecule has 0 amide bonds. The van der Waals surface area contributed by atoms with Gasteiger partial charge in [0.2, 0.25) is 0 Å². The Morgan fingerprint density at radius 3 is 2.70 bits per heavy atom. The Bertz CT molecular complexity index is 637. The Balaban J connectivity index is 2.17. The molecule has 0 saturated carbocycles. The van der Waals surface area contributed by atoms with Crippen LogP contribution < -0.4 is 5.73 Å². The van der Waals surface area contributed by atoms with E-state index in [0.29, 0.717) is 23.0 Å². The van der Waals surface area contributed by atoms with E-state index in [2.05, 4.69) is 30.7 Å². The number of benzene rings is 1. The molecule has 1 unspecified atom stereocenters. The van der Waals surface area contributed by atoms with Crippen molar-refractivity contribution in [3.63, 3.8) is 0 Å². The highest BCUT2D eigenvalue weighted by Gasteiger charge is 2.12. The van der Waals surface area contributed by atoms with Gasteiger partial charge in [-0.1, -0.05) is 31.5 Å². The lowest BCUT2D eigenvalue weighted by molar-refractivity contribution is 0.513. The molecule has 0 spiro atoms. The van der Waals surface area contributed by atoms with Gasteiger partial charge < -0.3 is 10.3 Å². The Kier molecular flexibility index (Phi) is 4.49. The molecule has 1 aromatic heterocycles. The first-order valence-electron chi connectivity index (χ1n) is 6.61. The summed E-state index contributed by atoms with van der Waals surface area (Å²) >= 11 is 6.19. The van der Waals surface area contributed by atoms with E-state index in [1.165, 1.54) is 0 Å². The quantitative estimate of drug-likeness (QED) is 0.932. The van der Waals surface area contributed by atoms with Gasteiger partial charge in [0.25, 0.3) is 0 Å². The minimum absolute atomic E-state index is 0.0488. The van der Waals surface area contributed by atoms with Gasteiger partial charge in [0.15, 0.2) is 0 Å². The molecule has 0 aliphatic rings. The normalized spacial score (nSPS) is 12.4. The van der Waals surface area contributed by atoms with Crippen molar-refractivity contribution in [1.29, 1.82) is 5.26 Å². The number of nitrogens with zero attached hydrogens (tertiary/aromatic N) is 2. The number of aromatic nitrogens is 1. The van der Waals surface area contributed by atoms with Crippen LogP contribution >= 0.6 is 11.6 Å². The topological polar surface area (TPSA) is 54.7 Å². The molecular formula is C16H18ClN3. The summed E-state index contributed by atoms with van der Waals surface area (Å²) in [5, 5.41) is 9.45. The number of nitrogens with two attached hydrogens (primary N) is 1. The molecule has 1 aromatic carbocycles. The Labute approximate surface area is 124 Å². The Morgan fingerprint density at radius 1 is 1.35 bits per heavy atom. The van der Waals surface area contributed by atoms with E-state index >= 15 is 0 Å². The molecule has 4 heteroatoms. The van der Waals surface area contributed by atoms with E-state index in [9.17, 15) is 0 Å². The van der Waals surface area contributed by atoms with Gasteiger partial charge in [0.05, 0.1) is 11.6 Å². The lowest BCUT2D eigenvalue weighted by Crippen LogP contribution is -2.15. The van der Waals surface area contributed by atoms with Gasteiger partial charge in [-0.15, -0.1) is 0 Å². The second-order valence-corrected chi connectivity index (χ2v) is 5.71. The maximum atomic E-state index is 8.83. The minimum Gasteiger partial charge on any atom is -0.350 e. The highest BCUT2D eigenvalue weighted by Crippen LogP contribution is 2.22. The first-order chi connectivity index (χ1) is 9.51. The van der Waals surface area contributed by atoms with Gasteiger partial charge in [0, 0.05) is 30.0 Å². The summed E-state index contributed by atoms with van der Waals surface area (Å²) in [6, 6.07) is 9.55. The third-order valence-electron chi connectivity index (χ3n) is 3.41. The average molecular weight is 288 g/mol. The van der Waals surface area contributed by atoms with Crippen molar-refractivity contribution in [2.75, 3.05) is 0 Å². The van der Waals surface area contributed by atoms with E-state index in [4.69, 9.17) is 22.6 Å². The van der Waals surface area contributed by atoms with Crippen molar-refractivity contribution in [2.45, 2.75) is 26.4 Å². The zero-order valence-electron chi connectivity index (χ0n) is 11.7. The first kappa shape index (κ1) is 14.6. The van der Waals surface area contributed by atoms with E-state index in [1.54, 1.807) is 12.1 Å². The van der Waals surface area contributed by atoms with Crippen LogP contribution in [-0.2, 0) is 6.54 Å². The molecule has 1 atom stereocenters. The summed E-state index contributed by atoms with van der Waals surface area (Å²) in [4.78, 5) is 0. The van der Waals surface area contributed by atoms with E-state index in [1.807, 2.05) is 18.3 Å². The molecule has 20 heavy (non-hydrogen) atoms. The van der Waals surface area contributed by atoms with Crippen LogP contribution in [0.3, 0.4) is 0 Å². The SMILES string of the molecule is CC(C)C(N)c1ccn(Cc2ccc(C#N)cc2Cl)c1. The summed E-state index contributed by atoms with van der Waals surface area (Å²) in [6.07, 6.45) is 4.06. The number of hydrogen-bond acceptors (Lipinski definition) is 2. The van der Waals surface area contributed by atoms with Crippen LogP contribution in [0.1, 0.15) is 36.6 Å². The molecule has 2 rings (SSSR count). The van der Waals surface area contributed by atoms with Crippen LogP contribution in [0, 0.1) is 17.2 Å². The van der Waals surface area contributed by atoms with Gasteiger partial charge in [-0.25, -0.2) is 0 Å². The van der Waals surface area contributed by atoms with Crippen LogP contribution in [0.15, 0.2) is 36.7 Å². The molecule has 0 aliphatic heterocycles. The average Bonchev–Trinajstić information content (AvgIpc) is 2.88. The molecule has 2 aromatic rings. The fraction of sp³-hybridized carbons (Fsp3) is 0.312. The van der Waals surface area contributed by atoms with Gasteiger partial charge in [0.1, 0.15) is 0 Å². The number of halogens is 1. The fourth-order valence-electron chi connectivity index (χ4n) is 2.08. The summed E-state index contributed by atoms with van der Waals surface area (Å²) < 4.78 is 2.06. The van der Waals surface area contributed by atoms with Crippen LogP contribution in [0.25, 0.3) is 0 Å². The van der Waals surface area contributed by atoms with Crippen molar-refractivity contribution < 1.29 is 0 Å². The van der Waals surface area contributed by atoms with Crippen LogP contribution in [-0.4, -0.2) is 4.57 Å². The zero-order chi connectivity index (χ0) is 14.7. The summed E-state index contributed by atoms with van der Waals surface area (Å²) in [5.74, 6) is 0.407. The highest BCUT2D eigenvalue weighted by atomic mass is 35.5. The van der Waals surface area contributed by atoms with Crippen molar-refractivity contribution in [2.24, 2.45) is 11.7 Å². The predicted octanol–water partition coefficient (Wildman–Crippen LogP) is 3.72. The lowest BCUT2D eigenvalue weighted by Gasteiger charge is -2.13. The van der Waals surface area contributed by atoms with E-state index in [-0.39, 0.29) is 6.04 Å². The van der Waals surface area contributed by atoms with Crippen molar-refractivity contribution in [3.8, 4) is 6.07 Å². The smallest absolute Gasteiger partial charge is 0.0992 e. The highest BCUT2D eigenvalue weighted by molar-refractivity contribution is 6.31. The molecule has 104 valence electrons. The predicted molar refractivity (Wildman–Crippen MR) is 81.5 cm³/mol. The molecule has 2 N–H and O–H groups in total. The van der Waals surface area contributed by atoms with Crippen molar-refractivity contribution >= 4 is 11.6 Å². The maximum absolute atomic E-state index is 8.83. The summed E-state index contributed by atoms with van der Waals surface area (Å²) in [7, 11) is 0. The number of hydrogen-bond donors (Lipinski definition) is 1. The molecule has 1 heterocycles. The van der Waals surface area contributed by atoms with Crippen LogP contribution in [0.5, 0.6) is 0 Å². The number of nitriles is 1. The van der Waals surface area contributed by atoms with Gasteiger partial charge in [-0.2, -0.15) is 5.26 Å². The summed E-state index contributed by atoms with van der Waals surface area (Å²) in [6.45, 7) is 4.90. The first-order valence-corrected chi connectivity index (χ1v) is 6.99. The van der Waals surface area contributed by atoms with Crippen molar-refractivity contribution in [3.05, 3.63) is 58.4 Å². The summed E-state index contributed by atoms with van der Waals surface area (Å²) in [5.41, 5.74) is 8.84. The second-order valence-electron chi connectivity index (χ2n) is 5.30. The van der Waals surface area contributed by atoms with Crippen molar-refractivity contribution in [1.82, 2.24) is 4.57 Å². The maximum Gasteiger partial charge on any atom is 0.0992 e. The third kappa shape index (κ3) is 3.22. The Morgan fingerprint density at radius 2 is 2.10 bits per heavy atom. The molecular weight excluding hydrogens is 270 g/mol.